The maximum Gasteiger partial charge on any atom is 0.319 e. The van der Waals surface area contributed by atoms with Crippen molar-refractivity contribution in [1.82, 2.24) is 0 Å². The molecule has 0 aliphatic rings. The van der Waals surface area contributed by atoms with Crippen LogP contribution in [0.5, 0.6) is 0 Å². The number of hydrogen-bond acceptors (Lipinski definition) is 3. The molecule has 0 aliphatic carbocycles. The highest BCUT2D eigenvalue weighted by Crippen LogP contribution is 2.23. The first-order chi connectivity index (χ1) is 7.59. The first-order valence-corrected chi connectivity index (χ1v) is 6.00. The van der Waals surface area contributed by atoms with Crippen molar-refractivity contribution in [2.24, 2.45) is 0 Å². The van der Waals surface area contributed by atoms with E-state index in [4.69, 9.17) is 4.74 Å². The summed E-state index contributed by atoms with van der Waals surface area (Å²) in [5, 5.41) is -0.193. The third-order valence-electron chi connectivity index (χ3n) is 1.85. The molecule has 1 rings (SSSR count). The van der Waals surface area contributed by atoms with Crippen LogP contribution in [0.2, 0.25) is 0 Å². The summed E-state index contributed by atoms with van der Waals surface area (Å²) in [5.41, 5.74) is 0.852. The van der Waals surface area contributed by atoms with Crippen molar-refractivity contribution in [3.8, 4) is 0 Å². The van der Waals surface area contributed by atoms with Crippen molar-refractivity contribution >= 4 is 17.7 Å². The zero-order valence-electron chi connectivity index (χ0n) is 9.60. The summed E-state index contributed by atoms with van der Waals surface area (Å²) in [6.45, 7) is 7.67. The summed E-state index contributed by atoms with van der Waals surface area (Å²) in [7, 11) is 0. The summed E-state index contributed by atoms with van der Waals surface area (Å²) in [5.74, 6) is -0.197. The fraction of sp³-hybridized carbons (Fsp3) is 0.308. The highest BCUT2D eigenvalue weighted by atomic mass is 32.2. The van der Waals surface area contributed by atoms with E-state index in [2.05, 4.69) is 6.58 Å². The molecular weight excluding hydrogens is 220 g/mol. The highest BCUT2D eigenvalue weighted by Gasteiger charge is 2.15. The van der Waals surface area contributed by atoms with Gasteiger partial charge in [0, 0.05) is 4.90 Å². The van der Waals surface area contributed by atoms with Gasteiger partial charge in [0.2, 0.25) is 0 Å². The molecule has 1 aromatic rings. The Hall–Kier alpha value is -1.22. The van der Waals surface area contributed by atoms with Gasteiger partial charge in [-0.05, 0) is 31.6 Å². The Labute approximate surface area is 101 Å². The van der Waals surface area contributed by atoms with Crippen LogP contribution in [-0.4, -0.2) is 17.8 Å². The molecule has 0 radical (unpaired) electrons. The van der Waals surface area contributed by atoms with Gasteiger partial charge in [-0.1, -0.05) is 24.8 Å². The zero-order valence-corrected chi connectivity index (χ0v) is 10.4. The molecule has 0 N–H and O–H groups in total. The van der Waals surface area contributed by atoms with Crippen molar-refractivity contribution < 1.29 is 9.53 Å². The topological polar surface area (TPSA) is 26.3 Å². The number of hydrogen-bond donors (Lipinski definition) is 0. The van der Waals surface area contributed by atoms with Gasteiger partial charge in [0.15, 0.2) is 0 Å². The normalized spacial score (nSPS) is 11.9. The van der Waals surface area contributed by atoms with E-state index in [9.17, 15) is 4.79 Å². The fourth-order valence-corrected chi connectivity index (χ4v) is 1.95. The lowest BCUT2D eigenvalue weighted by Crippen LogP contribution is -2.17. The number of benzene rings is 1. The van der Waals surface area contributed by atoms with E-state index < -0.39 is 0 Å². The van der Waals surface area contributed by atoms with E-state index in [1.54, 1.807) is 0 Å². The van der Waals surface area contributed by atoms with Gasteiger partial charge in [0.05, 0.1) is 0 Å². The van der Waals surface area contributed by atoms with Crippen LogP contribution in [0.3, 0.4) is 0 Å². The average Bonchev–Trinajstić information content (AvgIpc) is 2.27. The number of ether oxygens (including phenoxy) is 1. The van der Waals surface area contributed by atoms with Crippen molar-refractivity contribution in [3.63, 3.8) is 0 Å². The zero-order chi connectivity index (χ0) is 12.0. The largest absolute Gasteiger partial charge is 0.460 e. The second-order valence-electron chi connectivity index (χ2n) is 3.64. The minimum absolute atomic E-state index is 0.193. The summed E-state index contributed by atoms with van der Waals surface area (Å²) in [6, 6.07) is 9.82. The molecule has 2 nitrogen and oxygen atoms in total. The van der Waals surface area contributed by atoms with Gasteiger partial charge in [-0.3, -0.25) is 4.79 Å². The van der Waals surface area contributed by atoms with Gasteiger partial charge in [0.25, 0.3) is 0 Å². The summed E-state index contributed by atoms with van der Waals surface area (Å²) in [4.78, 5) is 12.6. The lowest BCUT2D eigenvalue weighted by atomic mass is 10.4. The molecule has 0 heterocycles. The van der Waals surface area contributed by atoms with Crippen LogP contribution in [0.1, 0.15) is 13.8 Å². The van der Waals surface area contributed by atoms with E-state index in [1.165, 1.54) is 11.8 Å². The third kappa shape index (κ3) is 4.53. The summed E-state index contributed by atoms with van der Waals surface area (Å²) in [6.07, 6.45) is 0. The van der Waals surface area contributed by atoms with Gasteiger partial charge in [-0.25, -0.2) is 0 Å². The monoisotopic (exact) mass is 236 g/mol. The Morgan fingerprint density at radius 1 is 1.44 bits per heavy atom. The maximum atomic E-state index is 11.6. The molecule has 0 bridgehead atoms. The van der Waals surface area contributed by atoms with Crippen LogP contribution in [-0.2, 0) is 9.53 Å². The molecule has 1 unspecified atom stereocenters. The van der Waals surface area contributed by atoms with E-state index in [1.807, 2.05) is 44.2 Å². The maximum absolute atomic E-state index is 11.6. The number of thioether (sulfide) groups is 1. The SMILES string of the molecule is C=C(C)COC(=O)C(C)Sc1ccccc1. The van der Waals surface area contributed by atoms with Crippen LogP contribution in [0.25, 0.3) is 0 Å². The minimum atomic E-state index is -0.197. The number of carbonyl (C=O) groups is 1. The molecule has 0 aromatic heterocycles. The van der Waals surface area contributed by atoms with Gasteiger partial charge in [-0.2, -0.15) is 0 Å². The number of carbonyl (C=O) groups excluding carboxylic acids is 1. The van der Waals surface area contributed by atoms with Crippen LogP contribution in [0.15, 0.2) is 47.4 Å². The van der Waals surface area contributed by atoms with Crippen molar-refractivity contribution in [1.29, 1.82) is 0 Å². The molecular formula is C13H16O2S. The predicted octanol–water partition coefficient (Wildman–Crippen LogP) is 3.29. The van der Waals surface area contributed by atoms with E-state index in [-0.39, 0.29) is 11.2 Å². The van der Waals surface area contributed by atoms with Crippen molar-refractivity contribution in [2.45, 2.75) is 24.0 Å². The Balaban J connectivity index is 2.43. The first-order valence-electron chi connectivity index (χ1n) is 5.12. The molecule has 86 valence electrons. The van der Waals surface area contributed by atoms with E-state index in [0.29, 0.717) is 6.61 Å². The molecule has 1 atom stereocenters. The summed E-state index contributed by atoms with van der Waals surface area (Å²) >= 11 is 1.50. The Bertz CT molecular complexity index is 359. The molecule has 1 aromatic carbocycles. The molecule has 0 saturated heterocycles. The molecule has 0 fully saturated rings. The predicted molar refractivity (Wildman–Crippen MR) is 67.5 cm³/mol. The van der Waals surface area contributed by atoms with E-state index >= 15 is 0 Å². The van der Waals surface area contributed by atoms with Gasteiger partial charge in [-0.15, -0.1) is 11.8 Å². The molecule has 0 saturated carbocycles. The van der Waals surface area contributed by atoms with Gasteiger partial charge >= 0.3 is 5.97 Å². The molecule has 3 heteroatoms. The standard InChI is InChI=1S/C13H16O2S/c1-10(2)9-15-13(14)11(3)16-12-7-5-4-6-8-12/h4-8,11H,1,9H2,2-3H3. The first kappa shape index (κ1) is 12.8. The van der Waals surface area contributed by atoms with Crippen molar-refractivity contribution in [3.05, 3.63) is 42.5 Å². The van der Waals surface area contributed by atoms with Crippen LogP contribution in [0, 0.1) is 0 Å². The Morgan fingerprint density at radius 3 is 2.62 bits per heavy atom. The lowest BCUT2D eigenvalue weighted by molar-refractivity contribution is -0.141. The minimum Gasteiger partial charge on any atom is -0.460 e. The van der Waals surface area contributed by atoms with Crippen LogP contribution in [0.4, 0.5) is 0 Å². The Kier molecular flexibility index (Phi) is 5.12. The second kappa shape index (κ2) is 6.38. The van der Waals surface area contributed by atoms with Crippen LogP contribution < -0.4 is 0 Å². The average molecular weight is 236 g/mol. The summed E-state index contributed by atoms with van der Waals surface area (Å²) < 4.78 is 5.08. The van der Waals surface area contributed by atoms with Gasteiger partial charge < -0.3 is 4.74 Å². The third-order valence-corrected chi connectivity index (χ3v) is 2.94. The molecule has 0 amide bonds. The van der Waals surface area contributed by atoms with Crippen LogP contribution >= 0.6 is 11.8 Å². The molecule has 16 heavy (non-hydrogen) atoms. The fourth-order valence-electron chi connectivity index (χ4n) is 1.06. The van der Waals surface area contributed by atoms with Crippen molar-refractivity contribution in [2.75, 3.05) is 6.61 Å². The van der Waals surface area contributed by atoms with Gasteiger partial charge in [0.1, 0.15) is 11.9 Å². The smallest absolute Gasteiger partial charge is 0.319 e. The highest BCUT2D eigenvalue weighted by molar-refractivity contribution is 8.00. The molecule has 0 aliphatic heterocycles. The quantitative estimate of drug-likeness (QED) is 0.446. The lowest BCUT2D eigenvalue weighted by Gasteiger charge is -2.10. The Morgan fingerprint density at radius 2 is 2.06 bits per heavy atom. The molecule has 0 spiro atoms. The van der Waals surface area contributed by atoms with E-state index in [0.717, 1.165) is 10.5 Å². The number of esters is 1. The second-order valence-corrected chi connectivity index (χ2v) is 5.05. The number of rotatable bonds is 5.